The minimum Gasteiger partial charge on any atom is -0.457 e. The maximum absolute atomic E-state index is 13.1. The molecule has 6 nitrogen and oxygen atoms in total. The molecule has 0 saturated heterocycles. The fourth-order valence-electron chi connectivity index (χ4n) is 2.79. The maximum atomic E-state index is 13.1. The Morgan fingerprint density at radius 1 is 1.00 bits per heavy atom. The molecule has 8 heteroatoms. The Morgan fingerprint density at radius 2 is 1.79 bits per heavy atom. The van der Waals surface area contributed by atoms with Crippen LogP contribution in [-0.4, -0.2) is 19.6 Å². The zero-order valence-corrected chi connectivity index (χ0v) is 15.1. The number of nitrogens with zero attached hydrogens (tertiary/aromatic N) is 4. The quantitative estimate of drug-likeness (QED) is 0.473. The summed E-state index contributed by atoms with van der Waals surface area (Å²) in [5.74, 6) is 1.29. The van der Waals surface area contributed by atoms with Crippen LogP contribution in [0.4, 0.5) is 4.39 Å². The molecule has 5 aromatic rings. The van der Waals surface area contributed by atoms with E-state index in [-0.39, 0.29) is 11.4 Å². The van der Waals surface area contributed by atoms with E-state index in [9.17, 15) is 9.18 Å². The van der Waals surface area contributed by atoms with Crippen molar-refractivity contribution in [3.05, 3.63) is 87.4 Å². The average molecular weight is 390 g/mol. The molecule has 0 unspecified atom stereocenters. The summed E-state index contributed by atoms with van der Waals surface area (Å²) in [6, 6.07) is 13.1. The lowest BCUT2D eigenvalue weighted by Crippen LogP contribution is -2.23. The average Bonchev–Trinajstić information content (AvgIpc) is 3.41. The molecule has 5 rings (SSSR count). The van der Waals surface area contributed by atoms with E-state index in [0.717, 1.165) is 11.1 Å². The second-order valence-electron chi connectivity index (χ2n) is 5.99. The first-order chi connectivity index (χ1) is 13.7. The van der Waals surface area contributed by atoms with Crippen LogP contribution in [0.5, 0.6) is 0 Å². The third-order valence-corrected chi connectivity index (χ3v) is 5.11. The lowest BCUT2D eigenvalue weighted by atomic mass is 10.2. The van der Waals surface area contributed by atoms with E-state index in [4.69, 9.17) is 4.42 Å². The Kier molecular flexibility index (Phi) is 3.84. The molecule has 1 aromatic carbocycles. The second kappa shape index (κ2) is 6.50. The van der Waals surface area contributed by atoms with E-state index in [1.165, 1.54) is 28.0 Å². The van der Waals surface area contributed by atoms with E-state index >= 15 is 0 Å². The number of halogens is 1. The highest BCUT2D eigenvalue weighted by atomic mass is 32.1. The lowest BCUT2D eigenvalue weighted by Gasteiger charge is -1.95. The molecule has 0 atom stereocenters. The number of fused-ring (bicyclic) bond motifs is 1. The van der Waals surface area contributed by atoms with Gasteiger partial charge >= 0.3 is 0 Å². The van der Waals surface area contributed by atoms with Crippen LogP contribution in [0.1, 0.15) is 5.76 Å². The van der Waals surface area contributed by atoms with Crippen molar-refractivity contribution in [1.82, 2.24) is 19.6 Å². The Morgan fingerprint density at radius 3 is 2.54 bits per heavy atom. The monoisotopic (exact) mass is 390 g/mol. The molecule has 0 aliphatic heterocycles. The van der Waals surface area contributed by atoms with E-state index in [1.54, 1.807) is 54.9 Å². The highest BCUT2D eigenvalue weighted by molar-refractivity contribution is 7.15. The van der Waals surface area contributed by atoms with Crippen LogP contribution < -0.4 is 10.1 Å². The van der Waals surface area contributed by atoms with Gasteiger partial charge in [-0.15, -0.1) is 5.10 Å². The van der Waals surface area contributed by atoms with Gasteiger partial charge in [-0.3, -0.25) is 9.78 Å². The first-order valence-electron chi connectivity index (χ1n) is 8.35. The van der Waals surface area contributed by atoms with E-state index in [2.05, 4.69) is 15.1 Å². The van der Waals surface area contributed by atoms with Crippen LogP contribution in [0.15, 0.2) is 70.1 Å². The van der Waals surface area contributed by atoms with Crippen molar-refractivity contribution in [2.24, 2.45) is 0 Å². The molecule has 0 N–H and O–H groups in total. The number of hydrogen-bond donors (Lipinski definition) is 0. The van der Waals surface area contributed by atoms with Gasteiger partial charge in [0.2, 0.25) is 4.96 Å². The summed E-state index contributed by atoms with van der Waals surface area (Å²) >= 11 is 1.24. The molecule has 0 aliphatic carbocycles. The molecule has 0 aliphatic rings. The number of thiazole rings is 1. The molecule has 0 fully saturated rings. The van der Waals surface area contributed by atoms with E-state index < -0.39 is 0 Å². The molecule has 28 heavy (non-hydrogen) atoms. The number of rotatable bonds is 3. The second-order valence-corrected chi connectivity index (χ2v) is 7.00. The van der Waals surface area contributed by atoms with Gasteiger partial charge in [0.15, 0.2) is 5.82 Å². The maximum Gasteiger partial charge on any atom is 0.291 e. The number of hydrogen-bond acceptors (Lipinski definition) is 6. The van der Waals surface area contributed by atoms with Crippen molar-refractivity contribution in [2.45, 2.75) is 0 Å². The summed E-state index contributed by atoms with van der Waals surface area (Å²) in [6.45, 7) is 0. The van der Waals surface area contributed by atoms with Crippen LogP contribution in [0, 0.1) is 5.82 Å². The zero-order valence-electron chi connectivity index (χ0n) is 14.2. The standard InChI is InChI=1S/C20H11FN4O2S/c21-14-3-1-12(2-4-14)16-6-5-15(27-16)11-17-19(26)25-20(28-17)23-18(24-25)13-7-9-22-10-8-13/h1-11H. The summed E-state index contributed by atoms with van der Waals surface area (Å²) in [6.07, 6.45) is 4.96. The smallest absolute Gasteiger partial charge is 0.291 e. The fourth-order valence-corrected chi connectivity index (χ4v) is 3.67. The molecule has 0 radical (unpaired) electrons. The minimum absolute atomic E-state index is 0.257. The zero-order chi connectivity index (χ0) is 19.1. The summed E-state index contributed by atoms with van der Waals surface area (Å²) in [5, 5.41) is 4.30. The Labute approximate surface area is 161 Å². The van der Waals surface area contributed by atoms with Crippen LogP contribution in [0.3, 0.4) is 0 Å². The molecule has 4 aromatic heterocycles. The van der Waals surface area contributed by atoms with Crippen molar-refractivity contribution >= 4 is 22.4 Å². The largest absolute Gasteiger partial charge is 0.457 e. The predicted octanol–water partition coefficient (Wildman–Crippen LogP) is 3.16. The number of benzene rings is 1. The van der Waals surface area contributed by atoms with Gasteiger partial charge in [-0.2, -0.15) is 9.50 Å². The van der Waals surface area contributed by atoms with Gasteiger partial charge in [-0.25, -0.2) is 4.39 Å². The molecular weight excluding hydrogens is 379 g/mol. The molecular formula is C20H11FN4O2S. The number of aromatic nitrogens is 4. The highest BCUT2D eigenvalue weighted by Crippen LogP contribution is 2.23. The summed E-state index contributed by atoms with van der Waals surface area (Å²) in [4.78, 5) is 21.5. The van der Waals surface area contributed by atoms with Crippen molar-refractivity contribution < 1.29 is 8.81 Å². The van der Waals surface area contributed by atoms with Crippen LogP contribution >= 0.6 is 11.3 Å². The van der Waals surface area contributed by atoms with Crippen LogP contribution in [-0.2, 0) is 0 Å². The van der Waals surface area contributed by atoms with Gasteiger partial charge in [-0.1, -0.05) is 11.3 Å². The van der Waals surface area contributed by atoms with Crippen molar-refractivity contribution in [2.75, 3.05) is 0 Å². The fraction of sp³-hybridized carbons (Fsp3) is 0. The van der Waals surface area contributed by atoms with Crippen LogP contribution in [0.25, 0.3) is 33.7 Å². The Balaban J connectivity index is 1.52. The molecule has 0 bridgehead atoms. The number of furan rings is 1. The molecule has 136 valence electrons. The topological polar surface area (TPSA) is 73.3 Å². The van der Waals surface area contributed by atoms with E-state index in [1.807, 2.05) is 0 Å². The van der Waals surface area contributed by atoms with Gasteiger partial charge < -0.3 is 4.42 Å². The Hall–Kier alpha value is -3.65. The number of pyridine rings is 1. The summed E-state index contributed by atoms with van der Waals surface area (Å²) in [5.41, 5.74) is 1.30. The van der Waals surface area contributed by atoms with Gasteiger partial charge in [0.1, 0.15) is 21.9 Å². The predicted molar refractivity (Wildman–Crippen MR) is 103 cm³/mol. The first kappa shape index (κ1) is 16.5. The third-order valence-electron chi connectivity index (χ3n) is 4.15. The van der Waals surface area contributed by atoms with E-state index in [0.29, 0.717) is 26.8 Å². The highest BCUT2D eigenvalue weighted by Gasteiger charge is 2.12. The molecule has 0 spiro atoms. The SMILES string of the molecule is O=c1c(=Cc2ccc(-c3ccc(F)cc3)o2)sc2nc(-c3ccncc3)nn12. The van der Waals surface area contributed by atoms with Gasteiger partial charge in [-0.05, 0) is 48.5 Å². The van der Waals surface area contributed by atoms with Gasteiger partial charge in [0.05, 0.1) is 0 Å². The lowest BCUT2D eigenvalue weighted by molar-refractivity contribution is 0.571. The van der Waals surface area contributed by atoms with Crippen molar-refractivity contribution in [3.63, 3.8) is 0 Å². The molecule has 0 amide bonds. The summed E-state index contributed by atoms with van der Waals surface area (Å²) < 4.78 is 20.6. The first-order valence-corrected chi connectivity index (χ1v) is 9.16. The third kappa shape index (κ3) is 2.89. The minimum atomic E-state index is -0.307. The van der Waals surface area contributed by atoms with Gasteiger partial charge in [0, 0.05) is 29.6 Å². The molecule has 4 heterocycles. The normalized spacial score (nSPS) is 12.1. The Bertz CT molecular complexity index is 1390. The summed E-state index contributed by atoms with van der Waals surface area (Å²) in [7, 11) is 0. The van der Waals surface area contributed by atoms with Crippen molar-refractivity contribution in [3.8, 4) is 22.7 Å². The van der Waals surface area contributed by atoms with Gasteiger partial charge in [0.25, 0.3) is 5.56 Å². The van der Waals surface area contributed by atoms with Crippen LogP contribution in [0.2, 0.25) is 0 Å². The molecule has 0 saturated carbocycles. The van der Waals surface area contributed by atoms with Crippen molar-refractivity contribution in [1.29, 1.82) is 0 Å².